The molecule has 4 aromatic rings. The summed E-state index contributed by atoms with van der Waals surface area (Å²) in [6, 6.07) is 15.2. The predicted octanol–water partition coefficient (Wildman–Crippen LogP) is 5.00. The molecule has 0 aliphatic carbocycles. The van der Waals surface area contributed by atoms with Crippen molar-refractivity contribution >= 4 is 40.8 Å². The van der Waals surface area contributed by atoms with Gasteiger partial charge in [0.25, 0.3) is 11.2 Å². The van der Waals surface area contributed by atoms with Crippen LogP contribution in [0.15, 0.2) is 85.0 Å². The molecule has 3 heterocycles. The lowest BCUT2D eigenvalue weighted by atomic mass is 9.96. The maximum atomic E-state index is 13.8. The molecule has 0 N–H and O–H groups in total. The number of ether oxygens (including phenoxy) is 1. The van der Waals surface area contributed by atoms with E-state index in [9.17, 15) is 19.7 Å². The van der Waals surface area contributed by atoms with Crippen LogP contribution in [0.3, 0.4) is 0 Å². The molecule has 2 aromatic carbocycles. The first kappa shape index (κ1) is 27.4. The van der Waals surface area contributed by atoms with Crippen molar-refractivity contribution in [3.8, 4) is 11.3 Å². The number of aromatic nitrogens is 1. The van der Waals surface area contributed by atoms with Crippen LogP contribution < -0.4 is 14.9 Å². The average molecular weight is 576 g/mol. The Kier molecular flexibility index (Phi) is 7.59. The Morgan fingerprint density at radius 1 is 1.20 bits per heavy atom. The molecule has 1 unspecified atom stereocenters. The standard InChI is InChI=1S/C29H25N3O6S2/c1-5-37-28(34)25-17(3)30-29-31(26(25)18-7-10-20(39-4)11-8-18)27(33)24(40-29)15-19-9-13-23(38-19)21-12-6-16(2)14-22(21)32(35)36/h6-15,26H,5H2,1-4H3. The summed E-state index contributed by atoms with van der Waals surface area (Å²) in [6.45, 7) is 5.44. The highest BCUT2D eigenvalue weighted by molar-refractivity contribution is 7.98. The Morgan fingerprint density at radius 2 is 1.95 bits per heavy atom. The molecule has 1 aliphatic heterocycles. The van der Waals surface area contributed by atoms with Crippen LogP contribution in [-0.4, -0.2) is 28.3 Å². The Morgan fingerprint density at radius 3 is 2.62 bits per heavy atom. The number of rotatable bonds is 7. The average Bonchev–Trinajstić information content (AvgIpc) is 3.52. The summed E-state index contributed by atoms with van der Waals surface area (Å²) in [5.41, 5.74) is 2.26. The van der Waals surface area contributed by atoms with Crippen molar-refractivity contribution < 1.29 is 18.9 Å². The van der Waals surface area contributed by atoms with Gasteiger partial charge in [-0.3, -0.25) is 19.5 Å². The van der Waals surface area contributed by atoms with Crippen molar-refractivity contribution in [2.24, 2.45) is 4.99 Å². The molecule has 40 heavy (non-hydrogen) atoms. The van der Waals surface area contributed by atoms with Crippen LogP contribution in [0.1, 0.15) is 36.8 Å². The van der Waals surface area contributed by atoms with Gasteiger partial charge in [-0.25, -0.2) is 9.79 Å². The number of nitro groups is 1. The lowest BCUT2D eigenvalue weighted by molar-refractivity contribution is -0.384. The number of carbonyl (C=O) groups is 1. The van der Waals surface area contributed by atoms with Crippen LogP contribution in [0, 0.1) is 17.0 Å². The zero-order chi connectivity index (χ0) is 28.6. The van der Waals surface area contributed by atoms with Crippen LogP contribution in [0.25, 0.3) is 17.4 Å². The third-order valence-corrected chi connectivity index (χ3v) is 8.19. The van der Waals surface area contributed by atoms with Crippen molar-refractivity contribution in [1.29, 1.82) is 0 Å². The fraction of sp³-hybridized carbons (Fsp3) is 0.207. The fourth-order valence-corrected chi connectivity index (χ4v) is 6.03. The second-order valence-corrected chi connectivity index (χ2v) is 10.9. The first-order valence-electron chi connectivity index (χ1n) is 12.4. The van der Waals surface area contributed by atoms with E-state index in [2.05, 4.69) is 4.99 Å². The van der Waals surface area contributed by atoms with Gasteiger partial charge in [-0.15, -0.1) is 11.8 Å². The summed E-state index contributed by atoms with van der Waals surface area (Å²) in [5.74, 6) is 0.155. The molecular formula is C29H25N3O6S2. The number of carbonyl (C=O) groups excluding carboxylic acids is 1. The number of fused-ring (bicyclic) bond motifs is 1. The van der Waals surface area contributed by atoms with Crippen LogP contribution in [0.5, 0.6) is 0 Å². The summed E-state index contributed by atoms with van der Waals surface area (Å²) in [5, 5.41) is 11.6. The number of nitro benzene ring substituents is 1. The second kappa shape index (κ2) is 11.1. The molecule has 5 rings (SSSR count). The van der Waals surface area contributed by atoms with Gasteiger partial charge in [-0.05, 0) is 68.5 Å². The minimum Gasteiger partial charge on any atom is -0.463 e. The van der Waals surface area contributed by atoms with E-state index in [0.29, 0.717) is 37.7 Å². The minimum atomic E-state index is -0.712. The first-order valence-corrected chi connectivity index (χ1v) is 14.4. The van der Waals surface area contributed by atoms with Gasteiger partial charge < -0.3 is 9.15 Å². The van der Waals surface area contributed by atoms with Crippen LogP contribution in [0.2, 0.25) is 0 Å². The molecule has 0 saturated carbocycles. The van der Waals surface area contributed by atoms with Gasteiger partial charge in [0.1, 0.15) is 11.5 Å². The predicted molar refractivity (Wildman–Crippen MR) is 154 cm³/mol. The number of nitrogens with zero attached hydrogens (tertiary/aromatic N) is 3. The smallest absolute Gasteiger partial charge is 0.338 e. The molecule has 0 radical (unpaired) electrons. The molecular weight excluding hydrogens is 550 g/mol. The molecule has 0 bridgehead atoms. The van der Waals surface area contributed by atoms with Crippen LogP contribution >= 0.6 is 23.1 Å². The number of hydrogen-bond donors (Lipinski definition) is 0. The minimum absolute atomic E-state index is 0.0604. The van der Waals surface area contributed by atoms with Crippen molar-refractivity contribution in [2.75, 3.05) is 12.9 Å². The lowest BCUT2D eigenvalue weighted by Crippen LogP contribution is -2.39. The van der Waals surface area contributed by atoms with Crippen molar-refractivity contribution in [3.63, 3.8) is 0 Å². The third kappa shape index (κ3) is 5.05. The Hall–Kier alpha value is -4.22. The van der Waals surface area contributed by atoms with Gasteiger partial charge in [-0.1, -0.05) is 29.5 Å². The van der Waals surface area contributed by atoms with Gasteiger partial charge in [-0.2, -0.15) is 0 Å². The fourth-order valence-electron chi connectivity index (χ4n) is 4.60. The number of thioether (sulfide) groups is 1. The number of benzene rings is 2. The molecule has 0 fully saturated rings. The summed E-state index contributed by atoms with van der Waals surface area (Å²) in [7, 11) is 0. The zero-order valence-electron chi connectivity index (χ0n) is 22.2. The van der Waals surface area contributed by atoms with Gasteiger partial charge in [0, 0.05) is 17.0 Å². The molecule has 9 nitrogen and oxygen atoms in total. The van der Waals surface area contributed by atoms with Crippen LogP contribution in [0.4, 0.5) is 5.69 Å². The van der Waals surface area contributed by atoms with Gasteiger partial charge in [0.05, 0.1) is 38.9 Å². The number of allylic oxidation sites excluding steroid dienone is 1. The van der Waals surface area contributed by atoms with Gasteiger partial charge in [0.2, 0.25) is 0 Å². The Balaban J connectivity index is 1.63. The molecule has 204 valence electrons. The van der Waals surface area contributed by atoms with E-state index in [1.165, 1.54) is 22.0 Å². The summed E-state index contributed by atoms with van der Waals surface area (Å²) in [6.07, 6.45) is 3.56. The maximum absolute atomic E-state index is 13.8. The SMILES string of the molecule is CCOC(=O)C1=C(C)N=c2sc(=Cc3ccc(-c4ccc(C)cc4[N+](=O)[O-])o3)c(=O)n2C1c1ccc(SC)cc1. The number of furan rings is 1. The van der Waals surface area contributed by atoms with E-state index in [-0.39, 0.29) is 17.9 Å². The first-order chi connectivity index (χ1) is 19.2. The molecule has 1 aliphatic rings. The lowest BCUT2D eigenvalue weighted by Gasteiger charge is -2.24. The van der Waals surface area contributed by atoms with E-state index >= 15 is 0 Å². The van der Waals surface area contributed by atoms with Crippen molar-refractivity contribution in [3.05, 3.63) is 113 Å². The normalized spacial score (nSPS) is 15.1. The molecule has 11 heteroatoms. The van der Waals surface area contributed by atoms with Crippen molar-refractivity contribution in [1.82, 2.24) is 4.57 Å². The topological polar surface area (TPSA) is 117 Å². The monoisotopic (exact) mass is 575 g/mol. The van der Waals surface area contributed by atoms with Crippen molar-refractivity contribution in [2.45, 2.75) is 31.7 Å². The number of thiazole rings is 1. The largest absolute Gasteiger partial charge is 0.463 e. The zero-order valence-corrected chi connectivity index (χ0v) is 23.8. The Bertz CT molecular complexity index is 1850. The molecule has 0 amide bonds. The maximum Gasteiger partial charge on any atom is 0.338 e. The second-order valence-electron chi connectivity index (χ2n) is 9.06. The third-order valence-electron chi connectivity index (χ3n) is 6.46. The Labute approximate surface area is 237 Å². The number of esters is 1. The van der Waals surface area contributed by atoms with E-state index < -0.39 is 16.9 Å². The highest BCUT2D eigenvalue weighted by Gasteiger charge is 2.33. The molecule has 0 saturated heterocycles. The molecule has 1 atom stereocenters. The van der Waals surface area contributed by atoms with Gasteiger partial charge in [0.15, 0.2) is 4.80 Å². The summed E-state index contributed by atoms with van der Waals surface area (Å²) < 4.78 is 13.1. The van der Waals surface area contributed by atoms with Crippen LogP contribution in [-0.2, 0) is 9.53 Å². The van der Waals surface area contributed by atoms with Gasteiger partial charge >= 0.3 is 5.97 Å². The molecule has 0 spiro atoms. The molecule has 2 aromatic heterocycles. The number of aryl methyl sites for hydroxylation is 1. The van der Waals surface area contributed by atoms with E-state index in [4.69, 9.17) is 9.15 Å². The highest BCUT2D eigenvalue weighted by atomic mass is 32.2. The highest BCUT2D eigenvalue weighted by Crippen LogP contribution is 2.33. The quantitative estimate of drug-likeness (QED) is 0.132. The van der Waals surface area contributed by atoms with E-state index in [1.54, 1.807) is 62.9 Å². The van der Waals surface area contributed by atoms with E-state index in [0.717, 1.165) is 16.0 Å². The van der Waals surface area contributed by atoms with E-state index in [1.807, 2.05) is 30.5 Å². The summed E-state index contributed by atoms with van der Waals surface area (Å²) >= 11 is 2.77. The summed E-state index contributed by atoms with van der Waals surface area (Å²) in [4.78, 5) is 44.1. The number of hydrogen-bond acceptors (Lipinski definition) is 9.